The summed E-state index contributed by atoms with van der Waals surface area (Å²) < 4.78 is 0. The molecule has 0 aliphatic rings. The number of hydrogen-bond acceptors (Lipinski definition) is 4. The summed E-state index contributed by atoms with van der Waals surface area (Å²) in [5, 5.41) is 19.8. The molecule has 0 fully saturated rings. The maximum atomic E-state index is 9.67. The van der Waals surface area contributed by atoms with Gasteiger partial charge in [-0.2, -0.15) is 0 Å². The largest absolute Gasteiger partial charge is 0.508 e. The van der Waals surface area contributed by atoms with E-state index in [1.165, 1.54) is 0 Å². The summed E-state index contributed by atoms with van der Waals surface area (Å²) in [7, 11) is 0. The van der Waals surface area contributed by atoms with Crippen LogP contribution in [0.4, 0.5) is 0 Å². The van der Waals surface area contributed by atoms with Crippen LogP contribution in [0.3, 0.4) is 0 Å². The number of rotatable bonds is 3. The van der Waals surface area contributed by atoms with Gasteiger partial charge in [0.05, 0.1) is 4.83 Å². The zero-order valence-electron chi connectivity index (χ0n) is 9.64. The van der Waals surface area contributed by atoms with Crippen LogP contribution >= 0.6 is 27.3 Å². The number of nitrogens with zero attached hydrogens (tertiary/aromatic N) is 2. The van der Waals surface area contributed by atoms with Crippen molar-refractivity contribution in [2.24, 2.45) is 0 Å². The lowest BCUT2D eigenvalue weighted by Crippen LogP contribution is -1.84. The van der Waals surface area contributed by atoms with E-state index in [1.807, 2.05) is 19.1 Å². The lowest BCUT2D eigenvalue weighted by atomic mass is 10.1. The Bertz CT molecular complexity index is 527. The number of aryl methyl sites for hydroxylation is 1. The van der Waals surface area contributed by atoms with Crippen LogP contribution in [0.25, 0.3) is 10.6 Å². The number of hydrogen-bond donors (Lipinski definition) is 1. The number of alkyl halides is 1. The van der Waals surface area contributed by atoms with Gasteiger partial charge in [-0.3, -0.25) is 0 Å². The van der Waals surface area contributed by atoms with E-state index >= 15 is 0 Å². The Morgan fingerprint density at radius 3 is 2.82 bits per heavy atom. The van der Waals surface area contributed by atoms with Crippen molar-refractivity contribution < 1.29 is 5.11 Å². The van der Waals surface area contributed by atoms with E-state index in [4.69, 9.17) is 0 Å². The highest BCUT2D eigenvalue weighted by Gasteiger charge is 2.13. The van der Waals surface area contributed by atoms with Crippen molar-refractivity contribution in [1.82, 2.24) is 10.2 Å². The highest BCUT2D eigenvalue weighted by atomic mass is 79.9. The van der Waals surface area contributed by atoms with E-state index < -0.39 is 0 Å². The van der Waals surface area contributed by atoms with Crippen LogP contribution in [-0.4, -0.2) is 15.3 Å². The smallest absolute Gasteiger partial charge is 0.147 e. The van der Waals surface area contributed by atoms with Crippen molar-refractivity contribution >= 4 is 27.3 Å². The molecular formula is C12H13BrN2OS. The number of aromatic nitrogens is 2. The van der Waals surface area contributed by atoms with E-state index in [0.29, 0.717) is 5.75 Å². The van der Waals surface area contributed by atoms with E-state index in [2.05, 4.69) is 33.1 Å². The van der Waals surface area contributed by atoms with E-state index in [-0.39, 0.29) is 4.83 Å². The average Bonchev–Trinajstić information content (AvgIpc) is 2.81. The maximum absolute atomic E-state index is 9.67. The fourth-order valence-corrected chi connectivity index (χ4v) is 2.67. The monoisotopic (exact) mass is 312 g/mol. The molecule has 1 N–H and O–H groups in total. The third-order valence-electron chi connectivity index (χ3n) is 2.52. The Balaban J connectivity index is 2.33. The molecule has 0 amide bonds. The second-order valence-electron chi connectivity index (χ2n) is 3.82. The number of aromatic hydroxyl groups is 1. The molecule has 2 rings (SSSR count). The van der Waals surface area contributed by atoms with Gasteiger partial charge in [0.25, 0.3) is 0 Å². The van der Waals surface area contributed by atoms with Gasteiger partial charge in [0.1, 0.15) is 15.8 Å². The number of halogens is 1. The average molecular weight is 313 g/mol. The third-order valence-corrected chi connectivity index (χ3v) is 4.99. The fraction of sp³-hybridized carbons (Fsp3) is 0.333. The highest BCUT2D eigenvalue weighted by Crippen LogP contribution is 2.33. The van der Waals surface area contributed by atoms with Gasteiger partial charge >= 0.3 is 0 Å². The Labute approximate surface area is 113 Å². The van der Waals surface area contributed by atoms with Crippen LogP contribution in [0.1, 0.15) is 28.7 Å². The van der Waals surface area contributed by atoms with Crippen LogP contribution in [0.5, 0.6) is 5.75 Å². The summed E-state index contributed by atoms with van der Waals surface area (Å²) in [6.45, 7) is 3.97. The molecule has 0 saturated heterocycles. The molecule has 0 aliphatic carbocycles. The van der Waals surface area contributed by atoms with Gasteiger partial charge in [0.15, 0.2) is 0 Å². The lowest BCUT2D eigenvalue weighted by molar-refractivity contribution is 0.471. The van der Waals surface area contributed by atoms with Crippen molar-refractivity contribution in [3.05, 3.63) is 28.8 Å². The van der Waals surface area contributed by atoms with Crippen LogP contribution in [0, 0.1) is 6.92 Å². The van der Waals surface area contributed by atoms with E-state index in [0.717, 1.165) is 27.6 Å². The predicted molar refractivity (Wildman–Crippen MR) is 73.7 cm³/mol. The first-order chi connectivity index (χ1) is 8.11. The quantitative estimate of drug-likeness (QED) is 0.869. The summed E-state index contributed by atoms with van der Waals surface area (Å²) in [5.41, 5.74) is 1.78. The molecule has 0 spiro atoms. The molecule has 3 nitrogen and oxygen atoms in total. The van der Waals surface area contributed by atoms with E-state index in [1.54, 1.807) is 17.4 Å². The Hall–Kier alpha value is -0.940. The summed E-state index contributed by atoms with van der Waals surface area (Å²) >= 11 is 5.11. The molecule has 1 heterocycles. The minimum absolute atomic E-state index is 0.257. The standard InChI is InChI=1S/C12H13BrN2OS/c1-3-9(13)12-15-14-11(17-12)8-5-4-7(2)10(16)6-8/h4-6,9,16H,3H2,1-2H3. The first-order valence-corrected chi connectivity index (χ1v) is 7.12. The number of benzene rings is 1. The van der Waals surface area contributed by atoms with Crippen LogP contribution < -0.4 is 0 Å². The first-order valence-electron chi connectivity index (χ1n) is 5.39. The summed E-state index contributed by atoms with van der Waals surface area (Å²) in [6.07, 6.45) is 0.980. The number of phenolic OH excluding ortho intramolecular Hbond substituents is 1. The van der Waals surface area contributed by atoms with Gasteiger partial charge < -0.3 is 5.11 Å². The Kier molecular flexibility index (Phi) is 3.79. The zero-order chi connectivity index (χ0) is 12.4. The molecule has 0 radical (unpaired) electrons. The van der Waals surface area contributed by atoms with Crippen molar-refractivity contribution in [1.29, 1.82) is 0 Å². The molecular weight excluding hydrogens is 300 g/mol. The van der Waals surface area contributed by atoms with Gasteiger partial charge in [-0.05, 0) is 25.0 Å². The van der Waals surface area contributed by atoms with Crippen molar-refractivity contribution in [3.63, 3.8) is 0 Å². The van der Waals surface area contributed by atoms with Gasteiger partial charge in [0, 0.05) is 5.56 Å². The van der Waals surface area contributed by atoms with Gasteiger partial charge in [0.2, 0.25) is 0 Å². The summed E-state index contributed by atoms with van der Waals surface area (Å²) in [5.74, 6) is 0.296. The summed E-state index contributed by atoms with van der Waals surface area (Å²) in [4.78, 5) is 0.257. The van der Waals surface area contributed by atoms with Crippen LogP contribution in [0.15, 0.2) is 18.2 Å². The topological polar surface area (TPSA) is 46.0 Å². The second kappa shape index (κ2) is 5.14. The van der Waals surface area contributed by atoms with Crippen LogP contribution in [0.2, 0.25) is 0 Å². The first kappa shape index (κ1) is 12.5. The molecule has 0 bridgehead atoms. The molecule has 1 aromatic heterocycles. The fourth-order valence-electron chi connectivity index (χ4n) is 1.39. The molecule has 0 saturated carbocycles. The van der Waals surface area contributed by atoms with Crippen molar-refractivity contribution in [2.75, 3.05) is 0 Å². The predicted octanol–water partition coefficient (Wildman–Crippen LogP) is 4.07. The van der Waals surface area contributed by atoms with Crippen molar-refractivity contribution in [3.8, 4) is 16.3 Å². The molecule has 0 aliphatic heterocycles. The molecule has 1 unspecified atom stereocenters. The molecule has 17 heavy (non-hydrogen) atoms. The number of phenols is 1. The highest BCUT2D eigenvalue weighted by molar-refractivity contribution is 9.09. The van der Waals surface area contributed by atoms with Gasteiger partial charge in [-0.25, -0.2) is 0 Å². The molecule has 90 valence electrons. The Morgan fingerprint density at radius 1 is 1.41 bits per heavy atom. The van der Waals surface area contributed by atoms with Gasteiger partial charge in [-0.1, -0.05) is 46.3 Å². The third kappa shape index (κ3) is 2.66. The molecule has 1 atom stereocenters. The molecule has 1 aromatic carbocycles. The van der Waals surface area contributed by atoms with Crippen LogP contribution in [-0.2, 0) is 0 Å². The minimum Gasteiger partial charge on any atom is -0.508 e. The normalized spacial score (nSPS) is 12.6. The molecule has 2 aromatic rings. The minimum atomic E-state index is 0.257. The summed E-state index contributed by atoms with van der Waals surface area (Å²) in [6, 6.07) is 5.57. The van der Waals surface area contributed by atoms with Gasteiger partial charge in [-0.15, -0.1) is 10.2 Å². The van der Waals surface area contributed by atoms with Crippen molar-refractivity contribution in [2.45, 2.75) is 25.1 Å². The maximum Gasteiger partial charge on any atom is 0.147 e. The lowest BCUT2D eigenvalue weighted by Gasteiger charge is -2.00. The molecule has 5 heteroatoms. The Morgan fingerprint density at radius 2 is 2.18 bits per heavy atom. The second-order valence-corrected chi connectivity index (χ2v) is 5.94. The zero-order valence-corrected chi connectivity index (χ0v) is 12.0. The SMILES string of the molecule is CCC(Br)c1nnc(-c2ccc(C)c(O)c2)s1. The van der Waals surface area contributed by atoms with E-state index in [9.17, 15) is 5.11 Å².